The smallest absolute Gasteiger partial charge is 0.416 e. The van der Waals surface area contributed by atoms with Crippen molar-refractivity contribution < 1.29 is 46.8 Å². The number of carbonyl (C=O) groups is 1. The van der Waals surface area contributed by atoms with E-state index >= 15 is 0 Å². The zero-order chi connectivity index (χ0) is 35.9. The summed E-state index contributed by atoms with van der Waals surface area (Å²) in [5, 5.41) is 19.6. The molecule has 2 aromatic carbocycles. The lowest BCUT2D eigenvalue weighted by molar-refractivity contribution is -0.138. The lowest BCUT2D eigenvalue weighted by atomic mass is 9.97. The highest BCUT2D eigenvalue weighted by atomic mass is 19.4. The summed E-state index contributed by atoms with van der Waals surface area (Å²) in [6.45, 7) is 3.93. The predicted molar refractivity (Wildman–Crippen MR) is 173 cm³/mol. The molecule has 0 radical (unpaired) electrons. The van der Waals surface area contributed by atoms with Gasteiger partial charge in [0.2, 0.25) is 5.95 Å². The zero-order valence-electron chi connectivity index (χ0n) is 27.8. The third-order valence-electron chi connectivity index (χ3n) is 7.55. The normalized spacial score (nSPS) is 11.7. The molecule has 2 aromatic heterocycles. The quantitative estimate of drug-likeness (QED) is 0.0994. The minimum absolute atomic E-state index is 0.0174. The molecule has 4 rings (SSSR count). The molecular weight excluding hydrogens is 648 g/mol. The van der Waals surface area contributed by atoms with Crippen LogP contribution in [-0.4, -0.2) is 52.0 Å². The SMILES string of the molecule is COc1cc(CN(Cc2cc(CF)cc(C(F)(F)F)c2)c2ncc(OCCCC(=O)O)cn2)c(-c2nc(C(C)(C)O)ccc2OC)cc1C. The van der Waals surface area contributed by atoms with Crippen LogP contribution in [-0.2, 0) is 36.3 Å². The van der Waals surface area contributed by atoms with Gasteiger partial charge in [0.1, 0.15) is 29.5 Å². The molecule has 4 aromatic rings. The largest absolute Gasteiger partial charge is 0.496 e. The number of halogens is 4. The second-order valence-corrected chi connectivity index (χ2v) is 11.9. The van der Waals surface area contributed by atoms with E-state index in [1.54, 1.807) is 36.9 Å². The second kappa shape index (κ2) is 15.5. The Morgan fingerprint density at radius 1 is 0.939 bits per heavy atom. The third-order valence-corrected chi connectivity index (χ3v) is 7.55. The number of aliphatic hydroxyl groups is 1. The minimum Gasteiger partial charge on any atom is -0.496 e. The highest BCUT2D eigenvalue weighted by molar-refractivity contribution is 5.72. The number of alkyl halides is 4. The molecule has 14 heteroatoms. The van der Waals surface area contributed by atoms with Gasteiger partial charge in [-0.15, -0.1) is 0 Å². The van der Waals surface area contributed by atoms with Crippen molar-refractivity contribution in [2.75, 3.05) is 25.7 Å². The highest BCUT2D eigenvalue weighted by Gasteiger charge is 2.31. The average molecular weight is 687 g/mol. The van der Waals surface area contributed by atoms with Gasteiger partial charge in [-0.2, -0.15) is 13.2 Å². The van der Waals surface area contributed by atoms with E-state index < -0.39 is 30.0 Å². The van der Waals surface area contributed by atoms with Gasteiger partial charge in [-0.05, 0) is 85.8 Å². The minimum atomic E-state index is -4.70. The summed E-state index contributed by atoms with van der Waals surface area (Å²) in [5.41, 5.74) is 0.519. The molecule has 0 aliphatic rings. The maximum Gasteiger partial charge on any atom is 0.416 e. The molecule has 262 valence electrons. The molecule has 0 amide bonds. The molecular formula is C35H38F4N4O6. The Hall–Kier alpha value is -4.98. The van der Waals surface area contributed by atoms with E-state index in [2.05, 4.69) is 9.97 Å². The maximum atomic E-state index is 13.8. The van der Waals surface area contributed by atoms with Gasteiger partial charge in [-0.1, -0.05) is 6.07 Å². The molecule has 10 nitrogen and oxygen atoms in total. The topological polar surface area (TPSA) is 127 Å². The molecule has 0 fully saturated rings. The summed E-state index contributed by atoms with van der Waals surface area (Å²) in [5.74, 6) is 0.372. The number of anilines is 1. The van der Waals surface area contributed by atoms with E-state index in [0.29, 0.717) is 34.0 Å². The number of aromatic nitrogens is 3. The number of benzene rings is 2. The van der Waals surface area contributed by atoms with Crippen LogP contribution in [0.2, 0.25) is 0 Å². The first kappa shape index (κ1) is 36.8. The summed E-state index contributed by atoms with van der Waals surface area (Å²) in [6.07, 6.45) is -1.76. The number of carboxylic acid groups (broad SMARTS) is 1. The van der Waals surface area contributed by atoms with E-state index in [0.717, 1.165) is 17.7 Å². The molecule has 0 spiro atoms. The van der Waals surface area contributed by atoms with Crippen molar-refractivity contribution in [3.8, 4) is 28.5 Å². The third kappa shape index (κ3) is 9.56. The summed E-state index contributed by atoms with van der Waals surface area (Å²) >= 11 is 0. The summed E-state index contributed by atoms with van der Waals surface area (Å²) < 4.78 is 72.0. The number of carboxylic acids is 1. The molecule has 0 aliphatic carbocycles. The number of hydrogen-bond acceptors (Lipinski definition) is 9. The zero-order valence-corrected chi connectivity index (χ0v) is 27.8. The van der Waals surface area contributed by atoms with Crippen LogP contribution in [0.3, 0.4) is 0 Å². The van der Waals surface area contributed by atoms with E-state index in [1.165, 1.54) is 32.7 Å². The van der Waals surface area contributed by atoms with Crippen LogP contribution >= 0.6 is 0 Å². The molecule has 0 saturated carbocycles. The van der Waals surface area contributed by atoms with Crippen molar-refractivity contribution in [1.29, 1.82) is 0 Å². The van der Waals surface area contributed by atoms with E-state index in [1.807, 2.05) is 13.0 Å². The van der Waals surface area contributed by atoms with Crippen molar-refractivity contribution in [3.63, 3.8) is 0 Å². The fourth-order valence-electron chi connectivity index (χ4n) is 5.12. The van der Waals surface area contributed by atoms with Crippen LogP contribution in [0.15, 0.2) is 54.9 Å². The number of pyridine rings is 1. The van der Waals surface area contributed by atoms with E-state index in [9.17, 15) is 27.5 Å². The molecule has 0 aliphatic heterocycles. The predicted octanol–water partition coefficient (Wildman–Crippen LogP) is 7.03. The lowest BCUT2D eigenvalue weighted by Gasteiger charge is -2.26. The van der Waals surface area contributed by atoms with Crippen LogP contribution in [0.4, 0.5) is 23.5 Å². The number of aryl methyl sites for hydroxylation is 1. The molecule has 0 saturated heterocycles. The molecule has 0 atom stereocenters. The van der Waals surface area contributed by atoms with E-state index in [4.69, 9.17) is 24.3 Å². The first-order valence-corrected chi connectivity index (χ1v) is 15.3. The van der Waals surface area contributed by atoms with Gasteiger partial charge in [0.05, 0.1) is 44.5 Å². The number of rotatable bonds is 15. The number of ether oxygens (including phenoxy) is 3. The summed E-state index contributed by atoms with van der Waals surface area (Å²) in [6, 6.07) is 10.0. The fraction of sp³-hybridized carbons (Fsp3) is 0.371. The van der Waals surface area contributed by atoms with Crippen LogP contribution in [0.25, 0.3) is 11.3 Å². The van der Waals surface area contributed by atoms with Gasteiger partial charge in [0.15, 0.2) is 5.75 Å². The Balaban J connectivity index is 1.84. The Morgan fingerprint density at radius 2 is 1.61 bits per heavy atom. The van der Waals surface area contributed by atoms with Crippen molar-refractivity contribution in [2.24, 2.45) is 0 Å². The van der Waals surface area contributed by atoms with Gasteiger partial charge in [0.25, 0.3) is 0 Å². The van der Waals surface area contributed by atoms with Crippen molar-refractivity contribution >= 4 is 11.9 Å². The Morgan fingerprint density at radius 3 is 2.20 bits per heavy atom. The monoisotopic (exact) mass is 686 g/mol. The first-order chi connectivity index (χ1) is 23.1. The first-order valence-electron chi connectivity index (χ1n) is 15.3. The number of aliphatic carboxylic acids is 1. The molecule has 49 heavy (non-hydrogen) atoms. The Labute approximate surface area is 281 Å². The number of hydrogen-bond donors (Lipinski definition) is 2. The Kier molecular flexibility index (Phi) is 11.7. The molecule has 2 N–H and O–H groups in total. The molecule has 2 heterocycles. The van der Waals surface area contributed by atoms with Crippen LogP contribution in [0.5, 0.6) is 17.2 Å². The Bertz CT molecular complexity index is 1760. The number of methoxy groups -OCH3 is 2. The van der Waals surface area contributed by atoms with E-state index in [-0.39, 0.29) is 55.4 Å². The maximum absolute atomic E-state index is 13.8. The molecule has 0 unspecified atom stereocenters. The van der Waals surface area contributed by atoms with Gasteiger partial charge in [-0.25, -0.2) is 19.3 Å². The van der Waals surface area contributed by atoms with Crippen molar-refractivity contribution in [1.82, 2.24) is 15.0 Å². The van der Waals surface area contributed by atoms with Crippen LogP contribution < -0.4 is 19.1 Å². The average Bonchev–Trinajstić information content (AvgIpc) is 3.05. The summed E-state index contributed by atoms with van der Waals surface area (Å²) in [4.78, 5) is 26.0. The van der Waals surface area contributed by atoms with Gasteiger partial charge >= 0.3 is 12.1 Å². The van der Waals surface area contributed by atoms with Crippen molar-refractivity contribution in [3.05, 3.63) is 88.4 Å². The van der Waals surface area contributed by atoms with Gasteiger partial charge in [-0.3, -0.25) is 4.79 Å². The highest BCUT2D eigenvalue weighted by Crippen LogP contribution is 2.38. The summed E-state index contributed by atoms with van der Waals surface area (Å²) in [7, 11) is 3.00. The van der Waals surface area contributed by atoms with Gasteiger partial charge < -0.3 is 29.3 Å². The van der Waals surface area contributed by atoms with Crippen LogP contribution in [0.1, 0.15) is 60.2 Å². The number of nitrogens with zero attached hydrogens (tertiary/aromatic N) is 4. The van der Waals surface area contributed by atoms with Gasteiger partial charge in [0, 0.05) is 25.1 Å². The lowest BCUT2D eigenvalue weighted by Crippen LogP contribution is -2.25. The van der Waals surface area contributed by atoms with Crippen LogP contribution in [0, 0.1) is 6.92 Å². The fourth-order valence-corrected chi connectivity index (χ4v) is 5.12. The molecule has 0 bridgehead atoms. The second-order valence-electron chi connectivity index (χ2n) is 11.9. The van der Waals surface area contributed by atoms with Crippen molar-refractivity contribution in [2.45, 2.75) is 65.2 Å². The standard InChI is InChI=1S/C35H38F4N4O6/c1-21-11-27(32-28(47-4)8-9-30(42-32)34(2,3)46)24(15-29(21)48-5)20-43(19-23-12-22(16-36)13-25(14-23)35(37,38)39)33-40-17-26(18-41-33)49-10-6-7-31(44)45/h8-9,11-15,17-18,46H,6-7,10,16,19-20H2,1-5H3,(H,44,45).